The molecule has 1 aliphatic rings. The predicted molar refractivity (Wildman–Crippen MR) is 112 cm³/mol. The van der Waals surface area contributed by atoms with E-state index in [9.17, 15) is 4.79 Å². The van der Waals surface area contributed by atoms with E-state index in [0.717, 1.165) is 38.1 Å². The Hall–Kier alpha value is -1.30. The smallest absolute Gasteiger partial charge is 0.263 e. The molecule has 1 atom stereocenters. The molecule has 1 heterocycles. The topological polar surface area (TPSA) is 64.8 Å². The van der Waals surface area contributed by atoms with Crippen LogP contribution in [-0.2, 0) is 14.9 Å². The lowest BCUT2D eigenvalue weighted by molar-refractivity contribution is -0.140. The monoisotopic (exact) mass is 398 g/mol. The van der Waals surface area contributed by atoms with Crippen LogP contribution in [0, 0.1) is 0 Å². The fourth-order valence-electron chi connectivity index (χ4n) is 3.12. The first-order chi connectivity index (χ1) is 12.3. The summed E-state index contributed by atoms with van der Waals surface area (Å²) in [5.41, 5.74) is 6.84. The maximum atomic E-state index is 12.6. The molecule has 1 aliphatic heterocycles. The third-order valence-electron chi connectivity index (χ3n) is 4.84. The highest BCUT2D eigenvalue weighted by molar-refractivity contribution is 5.85. The van der Waals surface area contributed by atoms with Crippen molar-refractivity contribution in [3.63, 3.8) is 0 Å². The Labute approximate surface area is 170 Å². The van der Waals surface area contributed by atoms with Crippen LogP contribution < -0.4 is 10.5 Å². The number of halogens is 1. The van der Waals surface area contributed by atoms with E-state index in [1.807, 2.05) is 24.0 Å². The van der Waals surface area contributed by atoms with Crippen molar-refractivity contribution in [2.45, 2.75) is 64.6 Å². The van der Waals surface area contributed by atoms with Gasteiger partial charge in [0.1, 0.15) is 5.75 Å². The van der Waals surface area contributed by atoms with Crippen LogP contribution >= 0.6 is 12.4 Å². The SMILES string of the molecule is CC(Oc1ccc(C(C)(C)C)cc1)C(=O)N1CCC(OCCCN)CC1.Cl. The predicted octanol–water partition coefficient (Wildman–Crippen LogP) is 3.53. The van der Waals surface area contributed by atoms with Gasteiger partial charge >= 0.3 is 0 Å². The molecule has 0 radical (unpaired) electrons. The van der Waals surface area contributed by atoms with Crippen molar-refractivity contribution in [3.05, 3.63) is 29.8 Å². The molecule has 1 saturated heterocycles. The third-order valence-corrected chi connectivity index (χ3v) is 4.84. The van der Waals surface area contributed by atoms with Gasteiger partial charge in [-0.25, -0.2) is 0 Å². The molecule has 27 heavy (non-hydrogen) atoms. The van der Waals surface area contributed by atoms with Gasteiger partial charge in [-0.15, -0.1) is 12.4 Å². The second-order valence-electron chi connectivity index (χ2n) is 8.07. The Morgan fingerprint density at radius 2 is 1.81 bits per heavy atom. The summed E-state index contributed by atoms with van der Waals surface area (Å²) < 4.78 is 11.7. The summed E-state index contributed by atoms with van der Waals surface area (Å²) in [5.74, 6) is 0.782. The van der Waals surface area contributed by atoms with Crippen molar-refractivity contribution < 1.29 is 14.3 Å². The lowest BCUT2D eigenvalue weighted by atomic mass is 9.87. The van der Waals surface area contributed by atoms with E-state index in [0.29, 0.717) is 13.2 Å². The Kier molecular flexibility index (Phi) is 9.57. The van der Waals surface area contributed by atoms with Gasteiger partial charge in [0.05, 0.1) is 6.10 Å². The lowest BCUT2D eigenvalue weighted by Crippen LogP contribution is -2.46. The molecule has 1 fully saturated rings. The number of carbonyl (C=O) groups excluding carboxylic acids is 1. The van der Waals surface area contributed by atoms with Crippen molar-refractivity contribution in [2.24, 2.45) is 5.73 Å². The van der Waals surface area contributed by atoms with E-state index in [2.05, 4.69) is 32.9 Å². The molecule has 1 aromatic rings. The largest absolute Gasteiger partial charge is 0.481 e. The number of ether oxygens (including phenoxy) is 2. The van der Waals surface area contributed by atoms with Crippen molar-refractivity contribution in [3.8, 4) is 5.75 Å². The number of amides is 1. The third kappa shape index (κ3) is 7.32. The first kappa shape index (κ1) is 23.7. The molecule has 6 heteroatoms. The van der Waals surface area contributed by atoms with Crippen molar-refractivity contribution in [1.29, 1.82) is 0 Å². The van der Waals surface area contributed by atoms with E-state index in [-0.39, 0.29) is 29.8 Å². The number of carbonyl (C=O) groups is 1. The van der Waals surface area contributed by atoms with Crippen LogP contribution in [0.15, 0.2) is 24.3 Å². The highest BCUT2D eigenvalue weighted by atomic mass is 35.5. The zero-order chi connectivity index (χ0) is 19.2. The molecule has 2 N–H and O–H groups in total. The van der Waals surface area contributed by atoms with E-state index in [1.54, 1.807) is 0 Å². The molecule has 1 unspecified atom stereocenters. The summed E-state index contributed by atoms with van der Waals surface area (Å²) in [6.45, 7) is 11.2. The van der Waals surface area contributed by atoms with Gasteiger partial charge in [-0.3, -0.25) is 4.79 Å². The summed E-state index contributed by atoms with van der Waals surface area (Å²) in [5, 5.41) is 0. The number of hydrogen-bond acceptors (Lipinski definition) is 4. The van der Waals surface area contributed by atoms with Gasteiger partial charge in [0.15, 0.2) is 6.10 Å². The normalized spacial score (nSPS) is 16.6. The van der Waals surface area contributed by atoms with Gasteiger partial charge in [-0.2, -0.15) is 0 Å². The Bertz CT molecular complexity index is 564. The van der Waals surface area contributed by atoms with Crippen LogP contribution in [0.2, 0.25) is 0 Å². The van der Waals surface area contributed by atoms with Crippen LogP contribution in [0.25, 0.3) is 0 Å². The molecular weight excluding hydrogens is 364 g/mol. The number of benzene rings is 1. The van der Waals surface area contributed by atoms with Gasteiger partial charge in [0.25, 0.3) is 5.91 Å². The second kappa shape index (κ2) is 10.9. The minimum atomic E-state index is -0.481. The average molecular weight is 399 g/mol. The number of piperidine rings is 1. The van der Waals surface area contributed by atoms with E-state index < -0.39 is 6.10 Å². The molecule has 0 saturated carbocycles. The van der Waals surface area contributed by atoms with E-state index in [4.69, 9.17) is 15.2 Å². The quantitative estimate of drug-likeness (QED) is 0.713. The molecular formula is C21H35ClN2O3. The first-order valence-corrected chi connectivity index (χ1v) is 9.69. The maximum absolute atomic E-state index is 12.6. The summed E-state index contributed by atoms with van der Waals surface area (Å²) >= 11 is 0. The maximum Gasteiger partial charge on any atom is 0.263 e. The zero-order valence-electron chi connectivity index (χ0n) is 17.1. The standard InChI is InChI=1S/C21H34N2O3.ClH/c1-16(26-19-8-6-17(7-9-19)21(2,3)4)20(24)23-13-10-18(11-14-23)25-15-5-12-22;/h6-9,16,18H,5,10-15,22H2,1-4H3;1H. The minimum absolute atomic E-state index is 0. The average Bonchev–Trinajstić information content (AvgIpc) is 2.61. The fraction of sp³-hybridized carbons (Fsp3) is 0.667. The van der Waals surface area contributed by atoms with Gasteiger partial charge in [0, 0.05) is 19.7 Å². The number of hydrogen-bond donors (Lipinski definition) is 1. The molecule has 1 amide bonds. The molecule has 5 nitrogen and oxygen atoms in total. The lowest BCUT2D eigenvalue weighted by Gasteiger charge is -2.33. The molecule has 1 aromatic carbocycles. The minimum Gasteiger partial charge on any atom is -0.481 e. The summed E-state index contributed by atoms with van der Waals surface area (Å²) in [6, 6.07) is 8.02. The van der Waals surface area contributed by atoms with E-state index in [1.165, 1.54) is 5.56 Å². The van der Waals surface area contributed by atoms with Gasteiger partial charge in [0.2, 0.25) is 0 Å². The number of nitrogens with zero attached hydrogens (tertiary/aromatic N) is 1. The molecule has 0 aliphatic carbocycles. The van der Waals surface area contributed by atoms with Crippen LogP contribution in [0.3, 0.4) is 0 Å². The fourth-order valence-corrected chi connectivity index (χ4v) is 3.12. The Balaban J connectivity index is 0.00000364. The number of rotatable bonds is 7. The Morgan fingerprint density at radius 1 is 1.22 bits per heavy atom. The Morgan fingerprint density at radius 3 is 2.33 bits per heavy atom. The number of nitrogens with two attached hydrogens (primary N) is 1. The van der Waals surface area contributed by atoms with E-state index >= 15 is 0 Å². The van der Waals surface area contributed by atoms with Crippen molar-refractivity contribution >= 4 is 18.3 Å². The highest BCUT2D eigenvalue weighted by Crippen LogP contribution is 2.25. The van der Waals surface area contributed by atoms with Gasteiger partial charge in [-0.1, -0.05) is 32.9 Å². The van der Waals surface area contributed by atoms with Crippen LogP contribution in [0.4, 0.5) is 0 Å². The number of likely N-dealkylation sites (tertiary alicyclic amines) is 1. The van der Waals surface area contributed by atoms with Crippen molar-refractivity contribution in [2.75, 3.05) is 26.2 Å². The summed E-state index contributed by atoms with van der Waals surface area (Å²) in [4.78, 5) is 14.5. The van der Waals surface area contributed by atoms with Crippen LogP contribution in [-0.4, -0.2) is 49.3 Å². The van der Waals surface area contributed by atoms with Gasteiger partial charge in [-0.05, 0) is 55.8 Å². The summed E-state index contributed by atoms with van der Waals surface area (Å²) in [6.07, 6.45) is 2.40. The molecule has 0 spiro atoms. The van der Waals surface area contributed by atoms with Crippen LogP contribution in [0.5, 0.6) is 5.75 Å². The zero-order valence-corrected chi connectivity index (χ0v) is 17.9. The highest BCUT2D eigenvalue weighted by Gasteiger charge is 2.27. The second-order valence-corrected chi connectivity index (χ2v) is 8.07. The summed E-state index contributed by atoms with van der Waals surface area (Å²) in [7, 11) is 0. The molecule has 2 rings (SSSR count). The molecule has 0 aromatic heterocycles. The molecule has 154 valence electrons. The van der Waals surface area contributed by atoms with Crippen molar-refractivity contribution in [1.82, 2.24) is 4.90 Å². The van der Waals surface area contributed by atoms with Gasteiger partial charge < -0.3 is 20.1 Å². The molecule has 0 bridgehead atoms. The first-order valence-electron chi connectivity index (χ1n) is 9.69. The van der Waals surface area contributed by atoms with Crippen LogP contribution in [0.1, 0.15) is 52.5 Å².